The molecule has 0 saturated carbocycles. The molecule has 3 nitrogen and oxygen atoms in total. The number of hydrogen-bond acceptors (Lipinski definition) is 2. The second-order valence-corrected chi connectivity index (χ2v) is 5.65. The first-order valence-electron chi connectivity index (χ1n) is 7.05. The Balaban J connectivity index is 2.41. The van der Waals surface area contributed by atoms with E-state index < -0.39 is 12.0 Å². The molecule has 1 unspecified atom stereocenters. The minimum Gasteiger partial charge on any atom is -0.480 e. The maximum absolute atomic E-state index is 11.7. The maximum Gasteiger partial charge on any atom is 0.325 e. The number of nitrogens with zero attached hydrogens (tertiary/aromatic N) is 1. The molecule has 104 valence electrons. The first-order chi connectivity index (χ1) is 9.00. The van der Waals surface area contributed by atoms with Crippen LogP contribution in [-0.2, 0) is 4.79 Å². The Labute approximate surface area is 115 Å². The van der Waals surface area contributed by atoms with E-state index in [0.29, 0.717) is 0 Å². The van der Waals surface area contributed by atoms with Gasteiger partial charge in [0.1, 0.15) is 6.04 Å². The molecular formula is C16H23NO2. The van der Waals surface area contributed by atoms with E-state index in [1.54, 1.807) is 0 Å². The van der Waals surface area contributed by atoms with Gasteiger partial charge >= 0.3 is 5.97 Å². The summed E-state index contributed by atoms with van der Waals surface area (Å²) in [6, 6.07) is 3.69. The van der Waals surface area contributed by atoms with E-state index in [-0.39, 0.29) is 0 Å². The lowest BCUT2D eigenvalue weighted by atomic mass is 9.92. The molecule has 3 heteroatoms. The number of carbonyl (C=O) groups is 1. The molecule has 1 atom stereocenters. The van der Waals surface area contributed by atoms with Crippen molar-refractivity contribution >= 4 is 5.97 Å². The quantitative estimate of drug-likeness (QED) is 0.908. The molecule has 2 rings (SSSR count). The van der Waals surface area contributed by atoms with Crippen LogP contribution in [0.15, 0.2) is 12.1 Å². The number of hydrogen-bond donors (Lipinski definition) is 1. The molecule has 1 heterocycles. The summed E-state index contributed by atoms with van der Waals surface area (Å²) < 4.78 is 0. The van der Waals surface area contributed by atoms with Crippen LogP contribution in [0.5, 0.6) is 0 Å². The molecule has 0 bridgehead atoms. The van der Waals surface area contributed by atoms with Crippen molar-refractivity contribution in [1.29, 1.82) is 0 Å². The highest BCUT2D eigenvalue weighted by molar-refractivity contribution is 5.77. The Kier molecular flexibility index (Phi) is 4.25. The van der Waals surface area contributed by atoms with E-state index in [4.69, 9.17) is 0 Å². The predicted molar refractivity (Wildman–Crippen MR) is 76.5 cm³/mol. The summed E-state index contributed by atoms with van der Waals surface area (Å²) in [5, 5.41) is 9.66. The third-order valence-corrected chi connectivity index (χ3v) is 4.00. The molecule has 1 aromatic carbocycles. The zero-order chi connectivity index (χ0) is 14.0. The zero-order valence-electron chi connectivity index (χ0n) is 12.1. The molecule has 0 aliphatic carbocycles. The van der Waals surface area contributed by atoms with Crippen LogP contribution in [-0.4, -0.2) is 29.1 Å². The molecule has 1 aliphatic rings. The Morgan fingerprint density at radius 2 is 1.63 bits per heavy atom. The van der Waals surface area contributed by atoms with Gasteiger partial charge in [0.25, 0.3) is 0 Å². The first kappa shape index (κ1) is 14.1. The summed E-state index contributed by atoms with van der Waals surface area (Å²) in [5.41, 5.74) is 4.37. The number of benzene rings is 1. The van der Waals surface area contributed by atoms with E-state index in [9.17, 15) is 9.90 Å². The summed E-state index contributed by atoms with van der Waals surface area (Å²) in [7, 11) is 0. The molecule has 1 N–H and O–H groups in total. The lowest BCUT2D eigenvalue weighted by Crippen LogP contribution is -2.38. The van der Waals surface area contributed by atoms with Crippen LogP contribution in [0.2, 0.25) is 0 Å². The first-order valence-corrected chi connectivity index (χ1v) is 7.05. The van der Waals surface area contributed by atoms with Crippen LogP contribution in [0.1, 0.15) is 47.6 Å². The molecule has 1 aliphatic heterocycles. The van der Waals surface area contributed by atoms with Crippen LogP contribution >= 0.6 is 0 Å². The zero-order valence-corrected chi connectivity index (χ0v) is 12.1. The topological polar surface area (TPSA) is 40.5 Å². The highest BCUT2D eigenvalue weighted by Crippen LogP contribution is 2.30. The van der Waals surface area contributed by atoms with E-state index >= 15 is 0 Å². The molecular weight excluding hydrogens is 238 g/mol. The summed E-state index contributed by atoms with van der Waals surface area (Å²) >= 11 is 0. The molecule has 0 spiro atoms. The van der Waals surface area contributed by atoms with Gasteiger partial charge < -0.3 is 5.11 Å². The van der Waals surface area contributed by atoms with Crippen molar-refractivity contribution in [1.82, 2.24) is 4.90 Å². The molecule has 1 fully saturated rings. The molecule has 0 radical (unpaired) electrons. The van der Waals surface area contributed by atoms with Crippen LogP contribution in [0.4, 0.5) is 0 Å². The number of carboxylic acids is 1. The van der Waals surface area contributed by atoms with Gasteiger partial charge in [-0.2, -0.15) is 0 Å². The molecule has 1 saturated heterocycles. The standard InChI is InChI=1S/C16H23NO2/c1-11-9-12(2)14(13(3)10-11)15(16(18)19)17-7-5-4-6-8-17/h9-10,15H,4-8H2,1-3H3,(H,18,19). The smallest absolute Gasteiger partial charge is 0.325 e. The Morgan fingerprint density at radius 1 is 1.11 bits per heavy atom. The van der Waals surface area contributed by atoms with Gasteiger partial charge in [-0.25, -0.2) is 0 Å². The van der Waals surface area contributed by atoms with Crippen molar-refractivity contribution in [3.8, 4) is 0 Å². The molecule has 0 aromatic heterocycles. The van der Waals surface area contributed by atoms with Crippen molar-refractivity contribution in [2.45, 2.75) is 46.1 Å². The van der Waals surface area contributed by atoms with Gasteiger partial charge in [0.05, 0.1) is 0 Å². The Hall–Kier alpha value is -1.35. The highest BCUT2D eigenvalue weighted by Gasteiger charge is 2.30. The lowest BCUT2D eigenvalue weighted by molar-refractivity contribution is -0.144. The minimum atomic E-state index is -0.725. The summed E-state index contributed by atoms with van der Waals surface area (Å²) in [5.74, 6) is -0.725. The van der Waals surface area contributed by atoms with Gasteiger partial charge in [-0.1, -0.05) is 24.1 Å². The fraction of sp³-hybridized carbons (Fsp3) is 0.562. The fourth-order valence-electron chi connectivity index (χ4n) is 3.26. The molecule has 0 amide bonds. The fourth-order valence-corrected chi connectivity index (χ4v) is 3.26. The highest BCUT2D eigenvalue weighted by atomic mass is 16.4. The van der Waals surface area contributed by atoms with E-state index in [2.05, 4.69) is 24.0 Å². The Morgan fingerprint density at radius 3 is 2.11 bits per heavy atom. The third-order valence-electron chi connectivity index (χ3n) is 4.00. The summed E-state index contributed by atoms with van der Waals surface area (Å²) in [4.78, 5) is 13.9. The Bertz CT molecular complexity index is 453. The molecule has 19 heavy (non-hydrogen) atoms. The number of aryl methyl sites for hydroxylation is 3. The van der Waals surface area contributed by atoms with Gasteiger partial charge in [-0.15, -0.1) is 0 Å². The third kappa shape index (κ3) is 2.98. The van der Waals surface area contributed by atoms with E-state index in [0.717, 1.165) is 42.6 Å². The van der Waals surface area contributed by atoms with Crippen LogP contribution in [0, 0.1) is 20.8 Å². The average molecular weight is 261 g/mol. The summed E-state index contributed by atoms with van der Waals surface area (Å²) in [6.07, 6.45) is 3.43. The number of likely N-dealkylation sites (tertiary alicyclic amines) is 1. The van der Waals surface area contributed by atoms with Crippen LogP contribution < -0.4 is 0 Å². The average Bonchev–Trinajstić information content (AvgIpc) is 2.34. The van der Waals surface area contributed by atoms with Crippen molar-refractivity contribution in [3.05, 3.63) is 34.4 Å². The monoisotopic (exact) mass is 261 g/mol. The number of carboxylic acid groups (broad SMARTS) is 1. The van der Waals surface area contributed by atoms with Gasteiger partial charge in [0, 0.05) is 0 Å². The largest absolute Gasteiger partial charge is 0.480 e. The van der Waals surface area contributed by atoms with E-state index in [1.807, 2.05) is 13.8 Å². The van der Waals surface area contributed by atoms with Gasteiger partial charge in [0.15, 0.2) is 0 Å². The van der Waals surface area contributed by atoms with Crippen LogP contribution in [0.3, 0.4) is 0 Å². The van der Waals surface area contributed by atoms with Crippen molar-refractivity contribution in [3.63, 3.8) is 0 Å². The van der Waals surface area contributed by atoms with Crippen LogP contribution in [0.25, 0.3) is 0 Å². The predicted octanol–water partition coefficient (Wildman–Crippen LogP) is 3.22. The van der Waals surface area contributed by atoms with Gasteiger partial charge in [-0.3, -0.25) is 9.69 Å². The van der Waals surface area contributed by atoms with Crippen molar-refractivity contribution in [2.75, 3.05) is 13.1 Å². The number of piperidine rings is 1. The maximum atomic E-state index is 11.7. The lowest BCUT2D eigenvalue weighted by Gasteiger charge is -2.33. The van der Waals surface area contributed by atoms with Gasteiger partial charge in [-0.05, 0) is 63.4 Å². The SMILES string of the molecule is Cc1cc(C)c(C(C(=O)O)N2CCCCC2)c(C)c1. The van der Waals surface area contributed by atoms with Crippen molar-refractivity contribution in [2.24, 2.45) is 0 Å². The normalized spacial score (nSPS) is 18.3. The van der Waals surface area contributed by atoms with Gasteiger partial charge in [0.2, 0.25) is 0 Å². The minimum absolute atomic E-state index is 0.485. The number of rotatable bonds is 3. The van der Waals surface area contributed by atoms with E-state index in [1.165, 1.54) is 12.0 Å². The van der Waals surface area contributed by atoms with Crippen molar-refractivity contribution < 1.29 is 9.90 Å². The summed E-state index contributed by atoms with van der Waals surface area (Å²) in [6.45, 7) is 7.89. The number of aliphatic carboxylic acids is 1. The second kappa shape index (κ2) is 5.74. The molecule has 1 aromatic rings. The second-order valence-electron chi connectivity index (χ2n) is 5.65.